The highest BCUT2D eigenvalue weighted by Gasteiger charge is 2.19. The first-order chi connectivity index (χ1) is 8.86. The monoisotopic (exact) mass is 252 g/mol. The second kappa shape index (κ2) is 8.16. The second-order valence-electron chi connectivity index (χ2n) is 6.40. The van der Waals surface area contributed by atoms with Gasteiger partial charge in [-0.05, 0) is 71.1 Å². The Morgan fingerprint density at radius 3 is 2.39 bits per heavy atom. The molecule has 2 fully saturated rings. The largest absolute Gasteiger partial charge is 0.314 e. The first-order valence-electron chi connectivity index (χ1n) is 8.32. The zero-order chi connectivity index (χ0) is 12.6. The number of hydrogen-bond acceptors (Lipinski definition) is 2. The van der Waals surface area contributed by atoms with Gasteiger partial charge in [0.2, 0.25) is 0 Å². The van der Waals surface area contributed by atoms with Gasteiger partial charge in [-0.2, -0.15) is 0 Å². The first-order valence-corrected chi connectivity index (χ1v) is 8.32. The molecule has 0 radical (unpaired) electrons. The molecule has 0 aromatic carbocycles. The van der Waals surface area contributed by atoms with Gasteiger partial charge in [-0.1, -0.05) is 25.7 Å². The molecule has 2 nitrogen and oxygen atoms in total. The van der Waals surface area contributed by atoms with Crippen molar-refractivity contribution in [2.75, 3.05) is 26.2 Å². The van der Waals surface area contributed by atoms with Crippen molar-refractivity contribution in [2.24, 2.45) is 5.92 Å². The smallest absolute Gasteiger partial charge is 0.00670 e. The van der Waals surface area contributed by atoms with Crippen LogP contribution in [0.15, 0.2) is 0 Å². The quantitative estimate of drug-likeness (QED) is 0.729. The van der Waals surface area contributed by atoms with E-state index in [0.29, 0.717) is 0 Å². The molecule has 1 aliphatic heterocycles. The van der Waals surface area contributed by atoms with E-state index in [1.165, 1.54) is 84.0 Å². The Hall–Kier alpha value is -0.0800. The fourth-order valence-electron chi connectivity index (χ4n) is 3.62. The fraction of sp³-hybridized carbons (Fsp3) is 1.00. The van der Waals surface area contributed by atoms with E-state index in [0.717, 1.165) is 12.0 Å². The van der Waals surface area contributed by atoms with Crippen molar-refractivity contribution in [3.05, 3.63) is 0 Å². The lowest BCUT2D eigenvalue weighted by molar-refractivity contribution is 0.221. The number of nitrogens with zero attached hydrogens (tertiary/aromatic N) is 1. The van der Waals surface area contributed by atoms with Crippen LogP contribution >= 0.6 is 0 Å². The normalized spacial score (nSPS) is 25.2. The summed E-state index contributed by atoms with van der Waals surface area (Å²) < 4.78 is 0. The predicted octanol–water partition coefficient (Wildman–Crippen LogP) is 3.42. The number of piperidine rings is 1. The molecule has 2 aliphatic rings. The molecule has 1 saturated heterocycles. The fourth-order valence-corrected chi connectivity index (χ4v) is 3.62. The lowest BCUT2D eigenvalue weighted by atomic mass is 9.84. The van der Waals surface area contributed by atoms with Crippen LogP contribution in [-0.2, 0) is 0 Å². The number of nitrogens with one attached hydrogen (secondary N) is 1. The molecule has 1 N–H and O–H groups in total. The van der Waals surface area contributed by atoms with Gasteiger partial charge < -0.3 is 10.2 Å². The second-order valence-corrected chi connectivity index (χ2v) is 6.40. The van der Waals surface area contributed by atoms with Crippen LogP contribution in [0.2, 0.25) is 0 Å². The van der Waals surface area contributed by atoms with Gasteiger partial charge in [0, 0.05) is 6.04 Å². The lowest BCUT2D eigenvalue weighted by Gasteiger charge is -2.29. The summed E-state index contributed by atoms with van der Waals surface area (Å²) >= 11 is 0. The standard InChI is InChI=1S/C16H32N2/c1-15(16-9-4-2-5-10-16)17-11-8-14-18-12-6-3-7-13-18/h15-17H,2-14H2,1H3. The van der Waals surface area contributed by atoms with Crippen molar-refractivity contribution in [2.45, 2.75) is 70.8 Å². The zero-order valence-electron chi connectivity index (χ0n) is 12.3. The Bertz CT molecular complexity index is 205. The van der Waals surface area contributed by atoms with Gasteiger partial charge in [-0.25, -0.2) is 0 Å². The average Bonchev–Trinajstić information content (AvgIpc) is 2.45. The molecule has 2 heteroatoms. The van der Waals surface area contributed by atoms with Crippen molar-refractivity contribution in [3.8, 4) is 0 Å². The van der Waals surface area contributed by atoms with E-state index in [9.17, 15) is 0 Å². The molecular formula is C16H32N2. The van der Waals surface area contributed by atoms with Gasteiger partial charge in [0.05, 0.1) is 0 Å². The Balaban J connectivity index is 1.51. The molecule has 0 bridgehead atoms. The Kier molecular flexibility index (Phi) is 6.50. The van der Waals surface area contributed by atoms with Gasteiger partial charge in [0.1, 0.15) is 0 Å². The molecular weight excluding hydrogens is 220 g/mol. The lowest BCUT2D eigenvalue weighted by Crippen LogP contribution is -2.37. The SMILES string of the molecule is CC(NCCCN1CCCCC1)C1CCCCC1. The van der Waals surface area contributed by atoms with E-state index in [1.807, 2.05) is 0 Å². The molecule has 1 unspecified atom stereocenters. The van der Waals surface area contributed by atoms with Gasteiger partial charge >= 0.3 is 0 Å². The summed E-state index contributed by atoms with van der Waals surface area (Å²) in [6.07, 6.45) is 12.9. The molecule has 106 valence electrons. The number of likely N-dealkylation sites (tertiary alicyclic amines) is 1. The molecule has 1 saturated carbocycles. The highest BCUT2D eigenvalue weighted by Crippen LogP contribution is 2.26. The van der Waals surface area contributed by atoms with Crippen LogP contribution < -0.4 is 5.32 Å². The van der Waals surface area contributed by atoms with Crippen LogP contribution in [0.4, 0.5) is 0 Å². The third-order valence-corrected chi connectivity index (χ3v) is 4.92. The number of hydrogen-bond donors (Lipinski definition) is 1. The molecule has 0 amide bonds. The van der Waals surface area contributed by atoms with Gasteiger partial charge in [0.15, 0.2) is 0 Å². The van der Waals surface area contributed by atoms with Crippen molar-refractivity contribution in [3.63, 3.8) is 0 Å². The third-order valence-electron chi connectivity index (χ3n) is 4.92. The van der Waals surface area contributed by atoms with E-state index in [2.05, 4.69) is 17.1 Å². The van der Waals surface area contributed by atoms with Crippen molar-refractivity contribution >= 4 is 0 Å². The maximum atomic E-state index is 3.77. The van der Waals surface area contributed by atoms with E-state index in [1.54, 1.807) is 0 Å². The summed E-state index contributed by atoms with van der Waals surface area (Å²) in [6.45, 7) is 7.62. The first kappa shape index (κ1) is 14.3. The molecule has 0 spiro atoms. The maximum Gasteiger partial charge on any atom is 0.00670 e. The molecule has 1 atom stereocenters. The summed E-state index contributed by atoms with van der Waals surface area (Å²) in [5, 5.41) is 3.77. The van der Waals surface area contributed by atoms with E-state index >= 15 is 0 Å². The predicted molar refractivity (Wildman–Crippen MR) is 78.9 cm³/mol. The van der Waals surface area contributed by atoms with Crippen LogP contribution in [0, 0.1) is 5.92 Å². The van der Waals surface area contributed by atoms with Crippen molar-refractivity contribution in [1.82, 2.24) is 10.2 Å². The minimum Gasteiger partial charge on any atom is -0.314 e. The van der Waals surface area contributed by atoms with Crippen molar-refractivity contribution < 1.29 is 0 Å². The molecule has 1 aliphatic carbocycles. The highest BCUT2D eigenvalue weighted by molar-refractivity contribution is 4.76. The average molecular weight is 252 g/mol. The third kappa shape index (κ3) is 4.89. The molecule has 0 aromatic heterocycles. The van der Waals surface area contributed by atoms with Crippen LogP contribution in [0.1, 0.15) is 64.7 Å². The molecule has 1 heterocycles. The van der Waals surface area contributed by atoms with Gasteiger partial charge in [0.25, 0.3) is 0 Å². The minimum atomic E-state index is 0.742. The summed E-state index contributed by atoms with van der Waals surface area (Å²) in [6, 6.07) is 0.742. The zero-order valence-corrected chi connectivity index (χ0v) is 12.3. The van der Waals surface area contributed by atoms with Crippen LogP contribution in [0.25, 0.3) is 0 Å². The molecule has 0 aromatic rings. The summed E-state index contributed by atoms with van der Waals surface area (Å²) in [4.78, 5) is 2.65. The maximum absolute atomic E-state index is 3.77. The minimum absolute atomic E-state index is 0.742. The van der Waals surface area contributed by atoms with E-state index in [4.69, 9.17) is 0 Å². The topological polar surface area (TPSA) is 15.3 Å². The van der Waals surface area contributed by atoms with Gasteiger partial charge in [-0.3, -0.25) is 0 Å². The summed E-state index contributed by atoms with van der Waals surface area (Å²) in [5.41, 5.74) is 0. The summed E-state index contributed by atoms with van der Waals surface area (Å²) in [5.74, 6) is 0.953. The highest BCUT2D eigenvalue weighted by atomic mass is 15.1. The van der Waals surface area contributed by atoms with Crippen molar-refractivity contribution in [1.29, 1.82) is 0 Å². The van der Waals surface area contributed by atoms with E-state index in [-0.39, 0.29) is 0 Å². The Morgan fingerprint density at radius 1 is 1.00 bits per heavy atom. The van der Waals surface area contributed by atoms with Crippen LogP contribution in [0.5, 0.6) is 0 Å². The number of rotatable bonds is 6. The van der Waals surface area contributed by atoms with Crippen LogP contribution in [-0.4, -0.2) is 37.1 Å². The van der Waals surface area contributed by atoms with Gasteiger partial charge in [-0.15, -0.1) is 0 Å². The summed E-state index contributed by atoms with van der Waals surface area (Å²) in [7, 11) is 0. The molecule has 2 rings (SSSR count). The van der Waals surface area contributed by atoms with Crippen LogP contribution in [0.3, 0.4) is 0 Å². The Labute approximate surface area is 114 Å². The molecule has 18 heavy (non-hydrogen) atoms. The Morgan fingerprint density at radius 2 is 1.67 bits per heavy atom. The van der Waals surface area contributed by atoms with E-state index < -0.39 is 0 Å².